The second-order valence-electron chi connectivity index (χ2n) is 14.2. The number of rotatable bonds is 6. The minimum atomic E-state index is -5.38. The number of nitrogens with zero attached hydrogens (tertiary/aromatic N) is 4. The average molecular weight is 1120 g/mol. The quantitative estimate of drug-likeness (QED) is 0.0945. The molecule has 0 radical (unpaired) electrons. The Kier molecular flexibility index (Phi) is 10.7. The van der Waals surface area contributed by atoms with Crippen LogP contribution in [-0.4, -0.2) is 22.3 Å². The summed E-state index contributed by atoms with van der Waals surface area (Å²) in [5.74, 6) is -17.9. The van der Waals surface area contributed by atoms with Gasteiger partial charge in [-0.15, -0.1) is 102 Å². The number of fused-ring (bicyclic) bond motifs is 9. The van der Waals surface area contributed by atoms with Gasteiger partial charge in [-0.1, -0.05) is 0 Å². The lowest BCUT2D eigenvalue weighted by Gasteiger charge is -2.14. The third-order valence-corrected chi connectivity index (χ3v) is 22.0. The molecule has 0 aliphatic carbocycles. The lowest BCUT2D eigenvalue weighted by molar-refractivity contribution is -0.0691. The standard InChI is InChI=1S/C42H6F14N4S9/c43-27-23(28(44)38(48)59-37(27)47)9(7-57)25(41(51,52)53)19-3-15-11(63-19)1-13(61-15)17-5-21-31(65-17)33-35(67-21)36-34(69-33)32-22(68-36)6-18(66-32)14-2-12-16(62-14)4-20(64-12)26(42(54,55)56)10(8-58)24-29(45)39(49)60-40(50)30(24)46/h1-6H/b25-9-,26-10-. The molecule has 0 saturated heterocycles. The Labute approximate surface area is 408 Å². The molecule has 4 nitrogen and oxygen atoms in total. The summed E-state index contributed by atoms with van der Waals surface area (Å²) >= 11 is 11.0. The molecule has 0 spiro atoms. The molecule has 0 unspecified atom stereocenters. The molecule has 11 aromatic rings. The van der Waals surface area contributed by atoms with Gasteiger partial charge < -0.3 is 0 Å². The van der Waals surface area contributed by atoms with Crippen LogP contribution in [0.3, 0.4) is 0 Å². The summed E-state index contributed by atoms with van der Waals surface area (Å²) in [6, 6.07) is 11.5. The van der Waals surface area contributed by atoms with E-state index in [-0.39, 0.29) is 0 Å². The highest BCUT2D eigenvalue weighted by atomic mass is 32.1. The number of nitriles is 2. The van der Waals surface area contributed by atoms with Gasteiger partial charge in [0.2, 0.25) is 0 Å². The van der Waals surface area contributed by atoms with Gasteiger partial charge >= 0.3 is 12.4 Å². The van der Waals surface area contributed by atoms with Crippen molar-refractivity contribution < 1.29 is 61.5 Å². The highest BCUT2D eigenvalue weighted by Crippen LogP contribution is 2.57. The van der Waals surface area contributed by atoms with Crippen LogP contribution in [0.25, 0.3) is 98.2 Å². The average Bonchev–Trinajstić information content (AvgIpc) is 4.12. The fourth-order valence-electron chi connectivity index (χ4n) is 7.42. The number of hydrogen-bond acceptors (Lipinski definition) is 13. The molecule has 0 bridgehead atoms. The number of allylic oxidation sites excluding steroid dienone is 4. The molecule has 11 aromatic heterocycles. The van der Waals surface area contributed by atoms with Crippen LogP contribution >= 0.6 is 102 Å². The molecule has 0 fully saturated rings. The topological polar surface area (TPSA) is 73.4 Å². The minimum absolute atomic E-state index is 0.346. The van der Waals surface area contributed by atoms with Gasteiger partial charge in [-0.25, -0.2) is 17.6 Å². The van der Waals surface area contributed by atoms with Crippen molar-refractivity contribution in [1.82, 2.24) is 9.97 Å². The van der Waals surface area contributed by atoms with Crippen molar-refractivity contribution in [1.29, 1.82) is 10.5 Å². The SMILES string of the molecule is N#C/C(=C(\c1cc2sc(-c3cc4sc5c(sc6c7sc(-c8cc9sc(/C(=C(\C#N)c%10c(F)c(F)nc(F)c%10F)C(F)(F)F)cc9s8)cc7sc65)c4s3)cc2s1)C(F)(F)F)c1c(F)c(F)nc(F)c1F. The molecule has 0 aromatic carbocycles. The second kappa shape index (κ2) is 16.1. The molecule has 0 N–H and O–H groups in total. The van der Waals surface area contributed by atoms with Crippen LogP contribution < -0.4 is 0 Å². The smallest absolute Gasteiger partial charge is 0.201 e. The molecule has 0 aliphatic rings. The summed E-state index contributed by atoms with van der Waals surface area (Å²) in [6.07, 6.45) is -10.8. The van der Waals surface area contributed by atoms with E-state index in [1.54, 1.807) is 46.1 Å². The fraction of sp³-hybridized carbons (Fsp3) is 0.0476. The van der Waals surface area contributed by atoms with Gasteiger partial charge in [0.15, 0.2) is 23.3 Å². The molecule has 69 heavy (non-hydrogen) atoms. The predicted octanol–water partition coefficient (Wildman–Crippen LogP) is 18.4. The Hall–Kier alpha value is -5.36. The van der Waals surface area contributed by atoms with Crippen LogP contribution in [0.1, 0.15) is 20.9 Å². The molecule has 0 saturated carbocycles. The van der Waals surface area contributed by atoms with Gasteiger partial charge in [-0.05, 0) is 36.4 Å². The van der Waals surface area contributed by atoms with Gasteiger partial charge in [0.25, 0.3) is 23.8 Å². The van der Waals surface area contributed by atoms with Crippen molar-refractivity contribution in [3.8, 4) is 31.6 Å². The van der Waals surface area contributed by atoms with Crippen molar-refractivity contribution in [2.75, 3.05) is 0 Å². The molecule has 11 heterocycles. The lowest BCUT2D eigenvalue weighted by Crippen LogP contribution is -2.14. The number of halogens is 14. The zero-order chi connectivity index (χ0) is 48.9. The number of hydrogen-bond donors (Lipinski definition) is 0. The van der Waals surface area contributed by atoms with Crippen LogP contribution in [0, 0.1) is 69.7 Å². The zero-order valence-electron chi connectivity index (χ0n) is 32.2. The monoisotopic (exact) mass is 1120 g/mol. The van der Waals surface area contributed by atoms with Gasteiger partial charge in [-0.2, -0.15) is 64.4 Å². The van der Waals surface area contributed by atoms with E-state index in [1.165, 1.54) is 22.7 Å². The van der Waals surface area contributed by atoms with Crippen LogP contribution in [0.15, 0.2) is 36.4 Å². The van der Waals surface area contributed by atoms with E-state index in [4.69, 9.17) is 0 Å². The minimum Gasteiger partial charge on any atom is -0.201 e. The van der Waals surface area contributed by atoms with E-state index in [1.807, 2.05) is 12.1 Å². The maximum absolute atomic E-state index is 14.6. The van der Waals surface area contributed by atoms with E-state index in [9.17, 15) is 72.0 Å². The number of pyridine rings is 2. The number of thiophene rings is 9. The van der Waals surface area contributed by atoms with E-state index >= 15 is 0 Å². The van der Waals surface area contributed by atoms with Crippen LogP contribution in [0.4, 0.5) is 61.5 Å². The van der Waals surface area contributed by atoms with Crippen molar-refractivity contribution in [2.24, 2.45) is 0 Å². The Morgan fingerprint density at radius 2 is 0.681 bits per heavy atom. The first-order valence-electron chi connectivity index (χ1n) is 18.4. The van der Waals surface area contributed by atoms with Crippen LogP contribution in [0.5, 0.6) is 0 Å². The van der Waals surface area contributed by atoms with E-state index in [2.05, 4.69) is 9.97 Å². The van der Waals surface area contributed by atoms with Crippen LogP contribution in [-0.2, 0) is 0 Å². The van der Waals surface area contributed by atoms with Crippen molar-refractivity contribution in [3.05, 3.63) is 104 Å². The number of alkyl halides is 6. The summed E-state index contributed by atoms with van der Waals surface area (Å²) in [5.41, 5.74) is -10.5. The maximum Gasteiger partial charge on any atom is 0.419 e. The first kappa shape index (κ1) is 46.0. The molecular formula is C42H6F14N4S9. The zero-order valence-corrected chi connectivity index (χ0v) is 39.6. The van der Waals surface area contributed by atoms with Crippen molar-refractivity contribution >= 4 is 181 Å². The van der Waals surface area contributed by atoms with Crippen molar-refractivity contribution in [3.63, 3.8) is 0 Å². The highest BCUT2D eigenvalue weighted by Gasteiger charge is 2.43. The Morgan fingerprint density at radius 1 is 0.377 bits per heavy atom. The molecule has 0 atom stereocenters. The third kappa shape index (κ3) is 7.22. The molecule has 0 aliphatic heterocycles. The van der Waals surface area contributed by atoms with Gasteiger partial charge in [0, 0.05) is 57.5 Å². The summed E-state index contributed by atoms with van der Waals surface area (Å²) in [5, 5.41) is 19.3. The normalized spacial score (nSPS) is 13.5. The second-order valence-corrected chi connectivity index (χ2v) is 23.8. The van der Waals surface area contributed by atoms with Gasteiger partial charge in [0.1, 0.15) is 12.1 Å². The molecule has 346 valence electrons. The third-order valence-electron chi connectivity index (χ3n) is 10.2. The van der Waals surface area contributed by atoms with Gasteiger partial charge in [0.05, 0.1) is 61.6 Å². The lowest BCUT2D eigenvalue weighted by atomic mass is 9.99. The Morgan fingerprint density at radius 3 is 1.00 bits per heavy atom. The Bertz CT molecular complexity index is 3820. The molecule has 11 rings (SSSR count). The first-order valence-corrected chi connectivity index (χ1v) is 25.7. The molecular weight excluding hydrogens is 1120 g/mol. The first-order chi connectivity index (χ1) is 32.6. The summed E-state index contributed by atoms with van der Waals surface area (Å²) in [6.45, 7) is 0. The van der Waals surface area contributed by atoms with Gasteiger partial charge in [-0.3, -0.25) is 0 Å². The van der Waals surface area contributed by atoms with E-state index in [0.29, 0.717) is 51.2 Å². The predicted molar refractivity (Wildman–Crippen MR) is 248 cm³/mol. The fourth-order valence-corrected chi connectivity index (χ4v) is 19.7. The summed E-state index contributed by atoms with van der Waals surface area (Å²) < 4.78 is 210. The van der Waals surface area contributed by atoms with Crippen LogP contribution in [0.2, 0.25) is 0 Å². The Balaban J connectivity index is 0.917. The molecule has 0 amide bonds. The van der Waals surface area contributed by atoms with E-state index in [0.717, 1.165) is 94.3 Å². The number of aromatic nitrogens is 2. The summed E-state index contributed by atoms with van der Waals surface area (Å²) in [7, 11) is 0. The largest absolute Gasteiger partial charge is 0.419 e. The maximum atomic E-state index is 14.6. The van der Waals surface area contributed by atoms with Crippen molar-refractivity contribution in [2.45, 2.75) is 12.4 Å². The highest BCUT2D eigenvalue weighted by molar-refractivity contribution is 7.49. The van der Waals surface area contributed by atoms with E-state index < -0.39 is 103 Å². The molecule has 27 heteroatoms. The summed E-state index contributed by atoms with van der Waals surface area (Å²) in [4.78, 5) is 6.49.